The molecule has 1 aromatic carbocycles. The molecule has 1 aliphatic carbocycles. The Morgan fingerprint density at radius 2 is 1.90 bits per heavy atom. The fraction of sp³-hybridized carbons (Fsp3) is 0.136. The van der Waals surface area contributed by atoms with Gasteiger partial charge in [-0.25, -0.2) is 15.0 Å². The molecule has 3 aromatic heterocycles. The van der Waals surface area contributed by atoms with Gasteiger partial charge in [0.05, 0.1) is 10.6 Å². The molecule has 3 heterocycles. The fourth-order valence-corrected chi connectivity index (χ4v) is 4.57. The van der Waals surface area contributed by atoms with Crippen molar-refractivity contribution in [3.8, 4) is 21.6 Å². The Labute approximate surface area is 171 Å². The number of rotatable bonds is 3. The van der Waals surface area contributed by atoms with Crippen molar-refractivity contribution in [2.45, 2.75) is 19.3 Å². The highest BCUT2D eigenvalue weighted by atomic mass is 32.1. The summed E-state index contributed by atoms with van der Waals surface area (Å²) in [6.07, 6.45) is 9.70. The van der Waals surface area contributed by atoms with E-state index in [2.05, 4.69) is 49.5 Å². The Kier molecular flexibility index (Phi) is 4.57. The number of carbonyl (C=O) groups excluding carboxylic acids is 1. The average molecular weight is 399 g/mol. The van der Waals surface area contributed by atoms with Crippen LogP contribution in [-0.2, 0) is 12.8 Å². The lowest BCUT2D eigenvalue weighted by atomic mass is 9.98. The van der Waals surface area contributed by atoms with Crippen molar-refractivity contribution in [1.29, 1.82) is 0 Å². The standard InChI is InChI=1S/C22H17N5OS/c28-20(27-22-24-10-3-11-25-22)21-26-18-6-1-4-14-7-8-15(12-17(14)19(18)29-21)16-5-2-9-23-13-16/h2-3,5,7-13H,1,4,6H2,(H,24,25,27,28). The van der Waals surface area contributed by atoms with Gasteiger partial charge in [-0.2, -0.15) is 0 Å². The summed E-state index contributed by atoms with van der Waals surface area (Å²) in [5, 5.41) is 3.16. The Morgan fingerprint density at radius 3 is 2.72 bits per heavy atom. The van der Waals surface area contributed by atoms with Crippen molar-refractivity contribution in [1.82, 2.24) is 19.9 Å². The molecule has 29 heavy (non-hydrogen) atoms. The Morgan fingerprint density at radius 1 is 1.00 bits per heavy atom. The van der Waals surface area contributed by atoms with Crippen LogP contribution in [0, 0.1) is 0 Å². The maximum absolute atomic E-state index is 12.7. The SMILES string of the molecule is O=C(Nc1ncccn1)c1nc2c(s1)-c1cc(-c3cccnc3)ccc1CCC2. The molecule has 4 aromatic rings. The number of aromatic nitrogens is 4. The van der Waals surface area contributed by atoms with Gasteiger partial charge < -0.3 is 0 Å². The highest BCUT2D eigenvalue weighted by Crippen LogP contribution is 2.39. The van der Waals surface area contributed by atoms with Crippen LogP contribution in [0.3, 0.4) is 0 Å². The second-order valence-corrected chi connectivity index (χ2v) is 7.79. The third-order valence-electron chi connectivity index (χ3n) is 4.89. The molecule has 5 rings (SSSR count). The van der Waals surface area contributed by atoms with Crippen LogP contribution in [0.1, 0.15) is 27.5 Å². The average Bonchev–Trinajstić information content (AvgIpc) is 3.12. The monoisotopic (exact) mass is 399 g/mol. The number of aryl methyl sites for hydroxylation is 2. The van der Waals surface area contributed by atoms with Crippen molar-refractivity contribution in [2.75, 3.05) is 5.32 Å². The summed E-state index contributed by atoms with van der Waals surface area (Å²) >= 11 is 1.43. The van der Waals surface area contributed by atoms with E-state index in [1.807, 2.05) is 12.3 Å². The van der Waals surface area contributed by atoms with E-state index in [4.69, 9.17) is 0 Å². The van der Waals surface area contributed by atoms with E-state index in [9.17, 15) is 4.79 Å². The number of benzene rings is 1. The zero-order valence-electron chi connectivity index (χ0n) is 15.5. The lowest BCUT2D eigenvalue weighted by Gasteiger charge is -2.09. The first kappa shape index (κ1) is 17.6. The third-order valence-corrected chi connectivity index (χ3v) is 6.02. The van der Waals surface area contributed by atoms with Crippen molar-refractivity contribution in [2.24, 2.45) is 0 Å². The molecule has 0 aliphatic heterocycles. The fourth-order valence-electron chi connectivity index (χ4n) is 3.51. The number of amides is 1. The van der Waals surface area contributed by atoms with Crippen LogP contribution < -0.4 is 5.32 Å². The van der Waals surface area contributed by atoms with E-state index in [1.165, 1.54) is 16.9 Å². The topological polar surface area (TPSA) is 80.7 Å². The van der Waals surface area contributed by atoms with E-state index in [-0.39, 0.29) is 11.9 Å². The molecule has 1 aliphatic rings. The lowest BCUT2D eigenvalue weighted by molar-refractivity contribution is 0.102. The highest BCUT2D eigenvalue weighted by molar-refractivity contribution is 7.17. The minimum absolute atomic E-state index is 0.278. The largest absolute Gasteiger partial charge is 0.288 e. The summed E-state index contributed by atoms with van der Waals surface area (Å²) in [6, 6.07) is 12.2. The number of pyridine rings is 1. The molecule has 0 saturated heterocycles. The number of anilines is 1. The summed E-state index contributed by atoms with van der Waals surface area (Å²) in [6.45, 7) is 0. The van der Waals surface area contributed by atoms with Gasteiger partial charge in [0, 0.05) is 30.4 Å². The van der Waals surface area contributed by atoms with Gasteiger partial charge >= 0.3 is 0 Å². The van der Waals surface area contributed by atoms with Gasteiger partial charge in [0.1, 0.15) is 0 Å². The minimum atomic E-state index is -0.278. The molecule has 0 spiro atoms. The molecule has 6 nitrogen and oxygen atoms in total. The summed E-state index contributed by atoms with van der Waals surface area (Å²) in [5.41, 5.74) is 5.62. The number of hydrogen-bond acceptors (Lipinski definition) is 6. The summed E-state index contributed by atoms with van der Waals surface area (Å²) in [7, 11) is 0. The molecule has 142 valence electrons. The Bertz CT molecular complexity index is 1170. The van der Waals surface area contributed by atoms with E-state index < -0.39 is 0 Å². The second-order valence-electron chi connectivity index (χ2n) is 6.79. The first-order valence-corrected chi connectivity index (χ1v) is 10.2. The number of carbonyl (C=O) groups is 1. The van der Waals surface area contributed by atoms with Gasteiger partial charge in [0.25, 0.3) is 5.91 Å². The first-order chi connectivity index (χ1) is 14.3. The second kappa shape index (κ2) is 7.52. The quantitative estimate of drug-likeness (QED) is 0.552. The third kappa shape index (κ3) is 3.52. The number of hydrogen-bond donors (Lipinski definition) is 1. The van der Waals surface area contributed by atoms with Gasteiger partial charge in [-0.15, -0.1) is 11.3 Å². The van der Waals surface area contributed by atoms with E-state index in [0.29, 0.717) is 5.01 Å². The Hall–Kier alpha value is -3.45. The molecule has 1 amide bonds. The van der Waals surface area contributed by atoms with Crippen molar-refractivity contribution in [3.05, 3.63) is 77.5 Å². The maximum atomic E-state index is 12.7. The van der Waals surface area contributed by atoms with Crippen LogP contribution in [0.15, 0.2) is 61.2 Å². The van der Waals surface area contributed by atoms with Crippen molar-refractivity contribution in [3.63, 3.8) is 0 Å². The van der Waals surface area contributed by atoms with Gasteiger partial charge in [0.2, 0.25) is 5.95 Å². The maximum Gasteiger partial charge on any atom is 0.287 e. The predicted octanol–water partition coefficient (Wildman–Crippen LogP) is 4.40. The van der Waals surface area contributed by atoms with Crippen LogP contribution in [0.4, 0.5) is 5.95 Å². The molecule has 7 heteroatoms. The van der Waals surface area contributed by atoms with Crippen molar-refractivity contribution >= 4 is 23.2 Å². The van der Waals surface area contributed by atoms with Gasteiger partial charge in [0.15, 0.2) is 5.01 Å². The molecular formula is C22H17N5OS. The smallest absolute Gasteiger partial charge is 0.287 e. The normalized spacial score (nSPS) is 12.6. The highest BCUT2D eigenvalue weighted by Gasteiger charge is 2.23. The van der Waals surface area contributed by atoms with E-state index in [1.54, 1.807) is 24.7 Å². The molecule has 0 fully saturated rings. The van der Waals surface area contributed by atoms with Crippen LogP contribution in [0.5, 0.6) is 0 Å². The number of thiazole rings is 1. The molecule has 0 bridgehead atoms. The van der Waals surface area contributed by atoms with Gasteiger partial charge in [-0.1, -0.05) is 18.2 Å². The molecule has 1 N–H and O–H groups in total. The van der Waals surface area contributed by atoms with Crippen LogP contribution >= 0.6 is 11.3 Å². The van der Waals surface area contributed by atoms with Crippen LogP contribution in [-0.4, -0.2) is 25.8 Å². The van der Waals surface area contributed by atoms with E-state index >= 15 is 0 Å². The van der Waals surface area contributed by atoms with Crippen LogP contribution in [0.2, 0.25) is 0 Å². The van der Waals surface area contributed by atoms with Crippen LogP contribution in [0.25, 0.3) is 21.6 Å². The van der Waals surface area contributed by atoms with E-state index in [0.717, 1.165) is 46.5 Å². The molecule has 0 saturated carbocycles. The van der Waals surface area contributed by atoms with Gasteiger partial charge in [-0.3, -0.25) is 15.1 Å². The first-order valence-electron chi connectivity index (χ1n) is 9.40. The number of nitrogens with one attached hydrogen (secondary N) is 1. The van der Waals surface area contributed by atoms with Gasteiger partial charge in [-0.05, 0) is 54.2 Å². The zero-order valence-corrected chi connectivity index (χ0v) is 16.3. The molecule has 0 unspecified atom stereocenters. The number of nitrogens with zero attached hydrogens (tertiary/aromatic N) is 4. The summed E-state index contributed by atoms with van der Waals surface area (Å²) < 4.78 is 0. The lowest BCUT2D eigenvalue weighted by Crippen LogP contribution is -2.13. The minimum Gasteiger partial charge on any atom is -0.288 e. The Balaban J connectivity index is 1.53. The predicted molar refractivity (Wildman–Crippen MR) is 113 cm³/mol. The van der Waals surface area contributed by atoms with Crippen molar-refractivity contribution < 1.29 is 4.79 Å². The molecular weight excluding hydrogens is 382 g/mol. The summed E-state index contributed by atoms with van der Waals surface area (Å²) in [5.74, 6) is 0.00129. The summed E-state index contributed by atoms with van der Waals surface area (Å²) in [4.78, 5) is 30.7. The molecule has 0 atom stereocenters. The number of fused-ring (bicyclic) bond motifs is 3. The zero-order chi connectivity index (χ0) is 19.6. The molecule has 0 radical (unpaired) electrons.